The molecule has 1 fully saturated rings. The van der Waals surface area contributed by atoms with Crippen LogP contribution < -0.4 is 10.6 Å². The van der Waals surface area contributed by atoms with Gasteiger partial charge in [-0.15, -0.1) is 0 Å². The number of anilines is 1. The highest BCUT2D eigenvalue weighted by Gasteiger charge is 2.16. The summed E-state index contributed by atoms with van der Waals surface area (Å²) in [5.74, 6) is 0. The van der Waals surface area contributed by atoms with Gasteiger partial charge in [-0.3, -0.25) is 0 Å². The van der Waals surface area contributed by atoms with Crippen LogP contribution in [0.5, 0.6) is 0 Å². The Morgan fingerprint density at radius 3 is 3.00 bits per heavy atom. The van der Waals surface area contributed by atoms with E-state index in [0.717, 1.165) is 26.0 Å². The second-order valence-corrected chi connectivity index (χ2v) is 6.03. The van der Waals surface area contributed by atoms with Crippen LogP contribution in [0.25, 0.3) is 0 Å². The number of hydrogen-bond donors (Lipinski definition) is 2. The second kappa shape index (κ2) is 6.55. The maximum Gasteiger partial charge on any atom is 0.170 e. The van der Waals surface area contributed by atoms with Crippen molar-refractivity contribution in [2.45, 2.75) is 44.6 Å². The van der Waals surface area contributed by atoms with E-state index < -0.39 is 0 Å². The molecule has 0 amide bonds. The van der Waals surface area contributed by atoms with Crippen LogP contribution in [0.15, 0.2) is 18.2 Å². The summed E-state index contributed by atoms with van der Waals surface area (Å²) in [5, 5.41) is 7.34. The molecule has 1 aromatic carbocycles. The summed E-state index contributed by atoms with van der Waals surface area (Å²) in [7, 11) is 0. The van der Waals surface area contributed by atoms with Gasteiger partial charge in [0.25, 0.3) is 0 Å². The molecule has 1 saturated heterocycles. The Labute approximate surface area is 126 Å². The zero-order valence-electron chi connectivity index (χ0n) is 11.8. The van der Waals surface area contributed by atoms with Gasteiger partial charge < -0.3 is 15.4 Å². The molecule has 1 aliphatic heterocycles. The van der Waals surface area contributed by atoms with Crippen molar-refractivity contribution in [1.82, 2.24) is 5.32 Å². The fourth-order valence-corrected chi connectivity index (χ4v) is 3.27. The van der Waals surface area contributed by atoms with Crippen molar-refractivity contribution in [2.24, 2.45) is 0 Å². The Morgan fingerprint density at radius 2 is 2.15 bits per heavy atom. The third kappa shape index (κ3) is 3.30. The lowest BCUT2D eigenvalue weighted by atomic mass is 9.90. The van der Waals surface area contributed by atoms with Crippen LogP contribution >= 0.6 is 12.2 Å². The SMILES string of the molecule is S=C(NC[C@H]1CCCO1)Nc1cccc2c1CCCC2. The first-order chi connectivity index (χ1) is 9.83. The summed E-state index contributed by atoms with van der Waals surface area (Å²) in [6.07, 6.45) is 7.56. The van der Waals surface area contributed by atoms with Crippen LogP contribution in [-0.2, 0) is 17.6 Å². The van der Waals surface area contributed by atoms with Crippen molar-refractivity contribution >= 4 is 23.0 Å². The van der Waals surface area contributed by atoms with E-state index in [9.17, 15) is 0 Å². The van der Waals surface area contributed by atoms with E-state index in [1.54, 1.807) is 0 Å². The number of nitrogens with one attached hydrogen (secondary N) is 2. The second-order valence-electron chi connectivity index (χ2n) is 5.62. The molecule has 3 rings (SSSR count). The number of ether oxygens (including phenoxy) is 1. The summed E-state index contributed by atoms with van der Waals surface area (Å²) in [4.78, 5) is 0. The third-order valence-electron chi connectivity index (χ3n) is 4.16. The Balaban J connectivity index is 1.58. The Kier molecular flexibility index (Phi) is 4.53. The number of fused-ring (bicyclic) bond motifs is 1. The molecular weight excluding hydrogens is 268 g/mol. The van der Waals surface area contributed by atoms with E-state index in [1.165, 1.54) is 42.5 Å². The summed E-state index contributed by atoms with van der Waals surface area (Å²) in [6, 6.07) is 6.49. The first-order valence-electron chi connectivity index (χ1n) is 7.60. The molecule has 20 heavy (non-hydrogen) atoms. The zero-order chi connectivity index (χ0) is 13.8. The van der Waals surface area contributed by atoms with Gasteiger partial charge in [0.15, 0.2) is 5.11 Å². The fraction of sp³-hybridized carbons (Fsp3) is 0.562. The van der Waals surface area contributed by atoms with Crippen LogP contribution in [0, 0.1) is 0 Å². The molecular formula is C16H22N2OS. The lowest BCUT2D eigenvalue weighted by Gasteiger charge is -2.21. The summed E-state index contributed by atoms with van der Waals surface area (Å²) in [6.45, 7) is 1.69. The molecule has 3 nitrogen and oxygen atoms in total. The number of hydrogen-bond acceptors (Lipinski definition) is 2. The quantitative estimate of drug-likeness (QED) is 0.838. The average molecular weight is 290 g/mol. The first kappa shape index (κ1) is 13.8. The molecule has 0 bridgehead atoms. The highest BCUT2D eigenvalue weighted by atomic mass is 32.1. The van der Waals surface area contributed by atoms with Crippen LogP contribution in [0.3, 0.4) is 0 Å². The number of benzene rings is 1. The van der Waals surface area contributed by atoms with Crippen molar-refractivity contribution in [3.63, 3.8) is 0 Å². The van der Waals surface area contributed by atoms with Crippen LogP contribution in [0.2, 0.25) is 0 Å². The van der Waals surface area contributed by atoms with Crippen molar-refractivity contribution in [3.8, 4) is 0 Å². The topological polar surface area (TPSA) is 33.3 Å². The predicted octanol–water partition coefficient (Wildman–Crippen LogP) is 3.03. The highest BCUT2D eigenvalue weighted by molar-refractivity contribution is 7.80. The van der Waals surface area contributed by atoms with Gasteiger partial charge in [0.1, 0.15) is 0 Å². The van der Waals surface area contributed by atoms with Gasteiger partial charge in [-0.1, -0.05) is 12.1 Å². The molecule has 108 valence electrons. The maximum absolute atomic E-state index is 5.59. The standard InChI is InChI=1S/C16H22N2OS/c20-16(17-11-13-7-4-10-19-13)18-15-9-3-6-12-5-1-2-8-14(12)15/h3,6,9,13H,1-2,4-5,7-8,10-11H2,(H2,17,18,20)/t13-/m1/s1. The monoisotopic (exact) mass is 290 g/mol. The molecule has 0 unspecified atom stereocenters. The van der Waals surface area contributed by atoms with Crippen molar-refractivity contribution in [2.75, 3.05) is 18.5 Å². The molecule has 1 heterocycles. The van der Waals surface area contributed by atoms with E-state index in [1.807, 2.05) is 0 Å². The average Bonchev–Trinajstić information content (AvgIpc) is 2.99. The summed E-state index contributed by atoms with van der Waals surface area (Å²) < 4.78 is 5.59. The molecule has 0 radical (unpaired) electrons. The molecule has 0 spiro atoms. The molecule has 1 aliphatic carbocycles. The molecule has 0 saturated carbocycles. The van der Waals surface area contributed by atoms with Gasteiger partial charge in [0, 0.05) is 18.8 Å². The number of rotatable bonds is 3. The largest absolute Gasteiger partial charge is 0.376 e. The van der Waals surface area contributed by atoms with Gasteiger partial charge in [0.2, 0.25) is 0 Å². The minimum absolute atomic E-state index is 0.319. The summed E-state index contributed by atoms with van der Waals surface area (Å²) >= 11 is 5.40. The third-order valence-corrected chi connectivity index (χ3v) is 4.40. The van der Waals surface area contributed by atoms with Gasteiger partial charge in [0.05, 0.1) is 6.10 Å². The number of aryl methyl sites for hydroxylation is 1. The van der Waals surface area contributed by atoms with Crippen molar-refractivity contribution < 1.29 is 4.74 Å². The van der Waals surface area contributed by atoms with Gasteiger partial charge >= 0.3 is 0 Å². The Bertz CT molecular complexity index is 483. The Morgan fingerprint density at radius 1 is 1.25 bits per heavy atom. The minimum Gasteiger partial charge on any atom is -0.376 e. The molecule has 1 aromatic rings. The Hall–Kier alpha value is -1.13. The maximum atomic E-state index is 5.59. The van der Waals surface area contributed by atoms with E-state index >= 15 is 0 Å². The van der Waals surface area contributed by atoms with Crippen molar-refractivity contribution in [3.05, 3.63) is 29.3 Å². The van der Waals surface area contributed by atoms with E-state index in [0.29, 0.717) is 11.2 Å². The van der Waals surface area contributed by atoms with Crippen LogP contribution in [-0.4, -0.2) is 24.4 Å². The molecule has 2 N–H and O–H groups in total. The molecule has 4 heteroatoms. The van der Waals surface area contributed by atoms with E-state index in [4.69, 9.17) is 17.0 Å². The van der Waals surface area contributed by atoms with E-state index in [2.05, 4.69) is 28.8 Å². The lowest BCUT2D eigenvalue weighted by molar-refractivity contribution is 0.114. The zero-order valence-corrected chi connectivity index (χ0v) is 12.6. The molecule has 0 aromatic heterocycles. The van der Waals surface area contributed by atoms with Gasteiger partial charge in [-0.25, -0.2) is 0 Å². The highest BCUT2D eigenvalue weighted by Crippen LogP contribution is 2.27. The lowest BCUT2D eigenvalue weighted by Crippen LogP contribution is -2.35. The summed E-state index contributed by atoms with van der Waals surface area (Å²) in [5.41, 5.74) is 4.09. The minimum atomic E-state index is 0.319. The van der Waals surface area contributed by atoms with Gasteiger partial charge in [-0.2, -0.15) is 0 Å². The fourth-order valence-electron chi connectivity index (χ4n) is 3.08. The van der Waals surface area contributed by atoms with Crippen molar-refractivity contribution in [1.29, 1.82) is 0 Å². The predicted molar refractivity (Wildman–Crippen MR) is 86.3 cm³/mol. The first-order valence-corrected chi connectivity index (χ1v) is 8.01. The van der Waals surface area contributed by atoms with Crippen LogP contribution in [0.1, 0.15) is 36.8 Å². The van der Waals surface area contributed by atoms with E-state index in [-0.39, 0.29) is 0 Å². The molecule has 2 aliphatic rings. The van der Waals surface area contributed by atoms with Crippen LogP contribution in [0.4, 0.5) is 5.69 Å². The molecule has 1 atom stereocenters. The number of thiocarbonyl (C=S) groups is 1. The normalized spacial score (nSPS) is 21.3. The smallest absolute Gasteiger partial charge is 0.170 e. The van der Waals surface area contributed by atoms with Gasteiger partial charge in [-0.05, 0) is 67.9 Å².